The zero-order valence-corrected chi connectivity index (χ0v) is 7.30. The Labute approximate surface area is 62.9 Å². The highest BCUT2D eigenvalue weighted by molar-refractivity contribution is 7.82. The zero-order chi connectivity index (χ0) is 6.62. The Kier molecular flexibility index (Phi) is 4.00. The highest BCUT2D eigenvalue weighted by atomic mass is 32.1. The molecule has 0 aliphatic carbocycles. The largest absolute Gasteiger partial charge is 0.179 e. The fourth-order valence-electron chi connectivity index (χ4n) is 0.418. The maximum atomic E-state index is 4.42. The molecule has 0 fully saturated rings. The van der Waals surface area contributed by atoms with Gasteiger partial charge in [-0.1, -0.05) is 13.8 Å². The van der Waals surface area contributed by atoms with Crippen molar-refractivity contribution < 1.29 is 0 Å². The summed E-state index contributed by atoms with van der Waals surface area (Å²) in [6.07, 6.45) is 2.21. The van der Waals surface area contributed by atoms with E-state index < -0.39 is 0 Å². The van der Waals surface area contributed by atoms with Crippen LogP contribution in [0.1, 0.15) is 26.7 Å². The van der Waals surface area contributed by atoms with E-state index >= 15 is 0 Å². The van der Waals surface area contributed by atoms with Crippen LogP contribution >= 0.6 is 25.3 Å². The van der Waals surface area contributed by atoms with Gasteiger partial charge in [0.1, 0.15) is 0 Å². The fraction of sp³-hybridized carbons (Fsp3) is 1.00. The van der Waals surface area contributed by atoms with Crippen molar-refractivity contribution in [2.45, 2.75) is 31.4 Å². The minimum Gasteiger partial charge on any atom is -0.179 e. The highest BCUT2D eigenvalue weighted by Crippen LogP contribution is 2.22. The van der Waals surface area contributed by atoms with Crippen LogP contribution < -0.4 is 0 Å². The van der Waals surface area contributed by atoms with Gasteiger partial charge in [-0.25, -0.2) is 0 Å². The summed E-state index contributed by atoms with van der Waals surface area (Å²) in [5.41, 5.74) is 0. The van der Waals surface area contributed by atoms with Crippen molar-refractivity contribution >= 4 is 25.3 Å². The van der Waals surface area contributed by atoms with Gasteiger partial charge in [0, 0.05) is 4.75 Å². The molecule has 0 bridgehead atoms. The molecule has 0 aliphatic rings. The summed E-state index contributed by atoms with van der Waals surface area (Å²) >= 11 is 8.54. The Bertz CT molecular complexity index is 59.5. The summed E-state index contributed by atoms with van der Waals surface area (Å²) in [7, 11) is 0. The van der Waals surface area contributed by atoms with Crippen molar-refractivity contribution in [2.75, 3.05) is 5.75 Å². The standard InChI is InChI=1S/C6H14S2/c1-3-6(2,8)4-5-7/h7-8H,3-5H2,1-2H3. The van der Waals surface area contributed by atoms with Crippen LogP contribution in [0, 0.1) is 0 Å². The molecule has 1 unspecified atom stereocenters. The third kappa shape index (κ3) is 3.67. The lowest BCUT2D eigenvalue weighted by Crippen LogP contribution is -2.14. The predicted molar refractivity (Wildman–Crippen MR) is 46.2 cm³/mol. The first-order valence-corrected chi connectivity index (χ1v) is 4.03. The van der Waals surface area contributed by atoms with E-state index in [2.05, 4.69) is 39.1 Å². The number of hydrogen-bond acceptors (Lipinski definition) is 2. The second kappa shape index (κ2) is 3.67. The van der Waals surface area contributed by atoms with Crippen LogP contribution in [-0.2, 0) is 0 Å². The van der Waals surface area contributed by atoms with Gasteiger partial charge >= 0.3 is 0 Å². The molecule has 0 aliphatic heterocycles. The van der Waals surface area contributed by atoms with Crippen LogP contribution in [-0.4, -0.2) is 10.5 Å². The molecule has 0 rings (SSSR count). The predicted octanol–water partition coefficient (Wildman–Crippen LogP) is 2.40. The summed E-state index contributed by atoms with van der Waals surface area (Å²) in [6, 6.07) is 0. The fourth-order valence-corrected chi connectivity index (χ4v) is 1.20. The summed E-state index contributed by atoms with van der Waals surface area (Å²) in [5.74, 6) is 0.938. The van der Waals surface area contributed by atoms with Crippen LogP contribution in [0.5, 0.6) is 0 Å². The normalized spacial score (nSPS) is 18.0. The molecular weight excluding hydrogens is 136 g/mol. The molecule has 2 heteroatoms. The van der Waals surface area contributed by atoms with Crippen LogP contribution in [0.3, 0.4) is 0 Å². The molecule has 0 aromatic rings. The maximum Gasteiger partial charge on any atom is 0.0106 e. The van der Waals surface area contributed by atoms with Crippen LogP contribution in [0.25, 0.3) is 0 Å². The lowest BCUT2D eigenvalue weighted by atomic mass is 10.1. The van der Waals surface area contributed by atoms with E-state index in [1.165, 1.54) is 0 Å². The molecule has 0 saturated heterocycles. The van der Waals surface area contributed by atoms with Gasteiger partial charge < -0.3 is 0 Å². The monoisotopic (exact) mass is 150 g/mol. The minimum atomic E-state index is 0.210. The SMILES string of the molecule is CCC(C)(S)CCS. The van der Waals surface area contributed by atoms with Gasteiger partial charge in [0.05, 0.1) is 0 Å². The molecule has 0 N–H and O–H groups in total. The molecule has 0 aromatic carbocycles. The van der Waals surface area contributed by atoms with Crippen LogP contribution in [0.15, 0.2) is 0 Å². The molecular formula is C6H14S2. The van der Waals surface area contributed by atoms with Crippen molar-refractivity contribution in [3.8, 4) is 0 Å². The topological polar surface area (TPSA) is 0 Å². The number of thiol groups is 2. The zero-order valence-electron chi connectivity index (χ0n) is 5.52. The first kappa shape index (κ1) is 8.70. The first-order valence-electron chi connectivity index (χ1n) is 2.95. The lowest BCUT2D eigenvalue weighted by Gasteiger charge is -2.19. The van der Waals surface area contributed by atoms with E-state index in [9.17, 15) is 0 Å². The van der Waals surface area contributed by atoms with E-state index in [-0.39, 0.29) is 4.75 Å². The van der Waals surface area contributed by atoms with Gasteiger partial charge in [0.25, 0.3) is 0 Å². The van der Waals surface area contributed by atoms with E-state index in [0.29, 0.717) is 0 Å². The van der Waals surface area contributed by atoms with Crippen LogP contribution in [0.2, 0.25) is 0 Å². The van der Waals surface area contributed by atoms with Crippen molar-refractivity contribution in [3.63, 3.8) is 0 Å². The second-order valence-corrected chi connectivity index (χ2v) is 3.85. The third-order valence-electron chi connectivity index (χ3n) is 1.41. The summed E-state index contributed by atoms with van der Waals surface area (Å²) < 4.78 is 0.210. The van der Waals surface area contributed by atoms with Crippen molar-refractivity contribution in [2.24, 2.45) is 0 Å². The van der Waals surface area contributed by atoms with E-state index in [0.717, 1.165) is 18.6 Å². The Morgan fingerprint density at radius 3 is 2.12 bits per heavy atom. The number of hydrogen-bond donors (Lipinski definition) is 2. The van der Waals surface area contributed by atoms with Gasteiger partial charge in [-0.15, -0.1) is 0 Å². The Hall–Kier alpha value is 0.700. The molecule has 50 valence electrons. The Morgan fingerprint density at radius 1 is 1.50 bits per heavy atom. The average Bonchev–Trinajstić information content (AvgIpc) is 1.67. The van der Waals surface area contributed by atoms with Gasteiger partial charge in [-0.2, -0.15) is 25.3 Å². The van der Waals surface area contributed by atoms with Gasteiger partial charge in [0.15, 0.2) is 0 Å². The first-order chi connectivity index (χ1) is 3.62. The highest BCUT2D eigenvalue weighted by Gasteiger charge is 2.13. The maximum absolute atomic E-state index is 4.42. The Morgan fingerprint density at radius 2 is 2.00 bits per heavy atom. The minimum absolute atomic E-state index is 0.210. The molecule has 0 heterocycles. The van der Waals surface area contributed by atoms with Gasteiger partial charge in [-0.3, -0.25) is 0 Å². The van der Waals surface area contributed by atoms with Crippen molar-refractivity contribution in [1.29, 1.82) is 0 Å². The number of rotatable bonds is 3. The Balaban J connectivity index is 3.37. The quantitative estimate of drug-likeness (QED) is 0.567. The molecule has 8 heavy (non-hydrogen) atoms. The van der Waals surface area contributed by atoms with E-state index in [1.807, 2.05) is 0 Å². The van der Waals surface area contributed by atoms with Crippen LogP contribution in [0.4, 0.5) is 0 Å². The summed E-state index contributed by atoms with van der Waals surface area (Å²) in [4.78, 5) is 0. The molecule has 1 atom stereocenters. The molecule has 0 aromatic heterocycles. The molecule has 0 radical (unpaired) electrons. The van der Waals surface area contributed by atoms with Gasteiger partial charge in [0.2, 0.25) is 0 Å². The third-order valence-corrected chi connectivity index (χ3v) is 2.18. The molecule has 0 saturated carbocycles. The lowest BCUT2D eigenvalue weighted by molar-refractivity contribution is 0.611. The van der Waals surface area contributed by atoms with Crippen molar-refractivity contribution in [1.82, 2.24) is 0 Å². The van der Waals surface area contributed by atoms with E-state index in [4.69, 9.17) is 0 Å². The smallest absolute Gasteiger partial charge is 0.0106 e. The average molecular weight is 150 g/mol. The molecule has 0 nitrogen and oxygen atoms in total. The van der Waals surface area contributed by atoms with Crippen molar-refractivity contribution in [3.05, 3.63) is 0 Å². The van der Waals surface area contributed by atoms with Gasteiger partial charge in [-0.05, 0) is 18.6 Å². The van der Waals surface area contributed by atoms with E-state index in [1.54, 1.807) is 0 Å². The molecule has 0 amide bonds. The molecule has 0 spiro atoms. The summed E-state index contributed by atoms with van der Waals surface area (Å²) in [6.45, 7) is 4.29. The second-order valence-electron chi connectivity index (χ2n) is 2.32. The summed E-state index contributed by atoms with van der Waals surface area (Å²) in [5, 5.41) is 0.